The summed E-state index contributed by atoms with van der Waals surface area (Å²) in [6.45, 7) is 0. The molecule has 0 aliphatic carbocycles. The van der Waals surface area contributed by atoms with Crippen molar-refractivity contribution in [3.05, 3.63) is 83.4 Å². The molecule has 0 saturated carbocycles. The van der Waals surface area contributed by atoms with Gasteiger partial charge in [0.2, 0.25) is 0 Å². The Morgan fingerprint density at radius 2 is 0.964 bits per heavy atom. The zero-order chi connectivity index (χ0) is 20.3. The predicted molar refractivity (Wildman–Crippen MR) is 99.7 cm³/mol. The summed E-state index contributed by atoms with van der Waals surface area (Å²) in [5.74, 6) is -3.70. The van der Waals surface area contributed by atoms with E-state index in [1.165, 1.54) is 60.7 Å². The first kappa shape index (κ1) is 18.8. The zero-order valence-corrected chi connectivity index (χ0v) is 14.2. The predicted octanol–water partition coefficient (Wildman–Crippen LogP) is 4.85. The van der Waals surface area contributed by atoms with Gasteiger partial charge >= 0.3 is 11.9 Å². The molecule has 6 nitrogen and oxygen atoms in total. The standard InChI is InChI=1S/C20H14F2N2O4/c21-11-1-5-13(6-2-11)23-17-9-15(19(25)26)16(20(27)28)10-18(17)24-14-7-3-12(22)4-8-14/h1-10,23-24H,(H,25,26)(H,27,28). The van der Waals surface area contributed by atoms with E-state index in [9.17, 15) is 28.6 Å². The van der Waals surface area contributed by atoms with Gasteiger partial charge in [0.05, 0.1) is 22.5 Å². The summed E-state index contributed by atoms with van der Waals surface area (Å²) in [6, 6.07) is 13.0. The van der Waals surface area contributed by atoms with Crippen molar-refractivity contribution in [1.82, 2.24) is 0 Å². The van der Waals surface area contributed by atoms with E-state index in [1.54, 1.807) is 0 Å². The Morgan fingerprint density at radius 3 is 1.25 bits per heavy atom. The number of halogens is 2. The fourth-order valence-corrected chi connectivity index (χ4v) is 2.54. The molecule has 3 rings (SSSR count). The van der Waals surface area contributed by atoms with Crippen LogP contribution < -0.4 is 10.6 Å². The maximum Gasteiger partial charge on any atom is 0.336 e. The van der Waals surface area contributed by atoms with Crippen LogP contribution in [0.4, 0.5) is 31.5 Å². The van der Waals surface area contributed by atoms with Gasteiger partial charge in [-0.2, -0.15) is 0 Å². The van der Waals surface area contributed by atoms with Gasteiger partial charge < -0.3 is 20.8 Å². The molecule has 28 heavy (non-hydrogen) atoms. The van der Waals surface area contributed by atoms with Crippen LogP contribution in [-0.2, 0) is 0 Å². The highest BCUT2D eigenvalue weighted by molar-refractivity contribution is 6.04. The van der Waals surface area contributed by atoms with Crippen LogP contribution in [0, 0.1) is 11.6 Å². The van der Waals surface area contributed by atoms with Crippen LogP contribution in [0.3, 0.4) is 0 Å². The van der Waals surface area contributed by atoms with Crippen LogP contribution >= 0.6 is 0 Å². The summed E-state index contributed by atoms with van der Waals surface area (Å²) >= 11 is 0. The minimum Gasteiger partial charge on any atom is -0.478 e. The lowest BCUT2D eigenvalue weighted by Crippen LogP contribution is -2.10. The van der Waals surface area contributed by atoms with Gasteiger partial charge in [0.25, 0.3) is 0 Å². The average Bonchev–Trinajstić information content (AvgIpc) is 2.66. The van der Waals surface area contributed by atoms with E-state index in [4.69, 9.17) is 0 Å². The van der Waals surface area contributed by atoms with Crippen LogP contribution in [0.25, 0.3) is 0 Å². The lowest BCUT2D eigenvalue weighted by Gasteiger charge is -2.16. The fraction of sp³-hybridized carbons (Fsp3) is 0. The number of nitrogens with one attached hydrogen (secondary N) is 2. The van der Waals surface area contributed by atoms with Crippen molar-refractivity contribution < 1.29 is 28.6 Å². The Hall–Kier alpha value is -3.94. The number of carboxylic acid groups (broad SMARTS) is 2. The van der Waals surface area contributed by atoms with Crippen LogP contribution in [0.5, 0.6) is 0 Å². The Balaban J connectivity index is 2.08. The molecule has 0 atom stereocenters. The second-order valence-electron chi connectivity index (χ2n) is 5.82. The molecule has 0 aliphatic heterocycles. The Kier molecular flexibility index (Phi) is 5.21. The van der Waals surface area contributed by atoms with Gasteiger partial charge in [0.15, 0.2) is 0 Å². The molecule has 142 valence electrons. The van der Waals surface area contributed by atoms with Gasteiger partial charge in [0.1, 0.15) is 11.6 Å². The molecule has 0 fully saturated rings. The monoisotopic (exact) mass is 384 g/mol. The maximum absolute atomic E-state index is 13.1. The lowest BCUT2D eigenvalue weighted by molar-refractivity contribution is 0.0651. The van der Waals surface area contributed by atoms with Crippen molar-refractivity contribution in [2.24, 2.45) is 0 Å². The highest BCUT2D eigenvalue weighted by atomic mass is 19.1. The number of benzene rings is 3. The van der Waals surface area contributed by atoms with Crippen LogP contribution in [-0.4, -0.2) is 22.2 Å². The zero-order valence-electron chi connectivity index (χ0n) is 14.2. The fourth-order valence-electron chi connectivity index (χ4n) is 2.54. The van der Waals surface area contributed by atoms with Crippen molar-refractivity contribution in [1.29, 1.82) is 0 Å². The molecule has 8 heteroatoms. The van der Waals surface area contributed by atoms with Crippen molar-refractivity contribution in [3.63, 3.8) is 0 Å². The van der Waals surface area contributed by atoms with Crippen LogP contribution in [0.1, 0.15) is 20.7 Å². The number of rotatable bonds is 6. The van der Waals surface area contributed by atoms with E-state index >= 15 is 0 Å². The molecule has 3 aromatic carbocycles. The Morgan fingerprint density at radius 1 is 0.643 bits per heavy atom. The number of hydrogen-bond acceptors (Lipinski definition) is 4. The van der Waals surface area contributed by atoms with Gasteiger partial charge in [-0.05, 0) is 60.7 Å². The topological polar surface area (TPSA) is 98.7 Å². The molecule has 0 aromatic heterocycles. The number of carbonyl (C=O) groups is 2. The van der Waals surface area contributed by atoms with E-state index in [0.717, 1.165) is 0 Å². The number of aromatic carboxylic acids is 2. The van der Waals surface area contributed by atoms with Crippen LogP contribution in [0.2, 0.25) is 0 Å². The van der Waals surface area contributed by atoms with Gasteiger partial charge in [-0.25, -0.2) is 18.4 Å². The van der Waals surface area contributed by atoms with Crippen molar-refractivity contribution >= 4 is 34.7 Å². The van der Waals surface area contributed by atoms with Gasteiger partial charge in [-0.1, -0.05) is 0 Å². The van der Waals surface area contributed by atoms with E-state index in [2.05, 4.69) is 10.6 Å². The highest BCUT2D eigenvalue weighted by Gasteiger charge is 2.20. The third-order valence-electron chi connectivity index (χ3n) is 3.86. The molecular weight excluding hydrogens is 370 g/mol. The lowest BCUT2D eigenvalue weighted by atomic mass is 10.0. The van der Waals surface area contributed by atoms with Crippen molar-refractivity contribution in [3.8, 4) is 0 Å². The summed E-state index contributed by atoms with van der Waals surface area (Å²) in [4.78, 5) is 23.0. The molecule has 4 N–H and O–H groups in total. The quantitative estimate of drug-likeness (QED) is 0.485. The SMILES string of the molecule is O=C(O)c1cc(Nc2ccc(F)cc2)c(Nc2ccc(F)cc2)cc1C(=O)O. The second-order valence-corrected chi connectivity index (χ2v) is 5.82. The van der Waals surface area contributed by atoms with Crippen molar-refractivity contribution in [2.45, 2.75) is 0 Å². The first-order valence-electron chi connectivity index (χ1n) is 8.03. The molecular formula is C20H14F2N2O4. The van der Waals surface area contributed by atoms with E-state index in [1.807, 2.05) is 0 Å². The average molecular weight is 384 g/mol. The van der Waals surface area contributed by atoms with E-state index in [0.29, 0.717) is 11.4 Å². The molecule has 0 unspecified atom stereocenters. The normalized spacial score (nSPS) is 10.4. The number of carboxylic acids is 2. The van der Waals surface area contributed by atoms with Gasteiger partial charge in [-0.15, -0.1) is 0 Å². The second kappa shape index (κ2) is 7.75. The Bertz CT molecular complexity index is 951. The summed E-state index contributed by atoms with van der Waals surface area (Å²) in [5, 5.41) is 24.6. The molecule has 0 aliphatic rings. The molecule has 0 heterocycles. The van der Waals surface area contributed by atoms with Crippen molar-refractivity contribution in [2.75, 3.05) is 10.6 Å². The Labute approximate surface area is 158 Å². The molecule has 0 radical (unpaired) electrons. The maximum atomic E-state index is 13.1. The largest absolute Gasteiger partial charge is 0.478 e. The van der Waals surface area contributed by atoms with Gasteiger partial charge in [-0.3, -0.25) is 0 Å². The minimum atomic E-state index is -1.41. The first-order valence-corrected chi connectivity index (χ1v) is 8.03. The summed E-state index contributed by atoms with van der Waals surface area (Å²) in [6.07, 6.45) is 0. The van der Waals surface area contributed by atoms with E-state index in [-0.39, 0.29) is 11.4 Å². The minimum absolute atomic E-state index is 0.248. The molecule has 0 spiro atoms. The summed E-state index contributed by atoms with van der Waals surface area (Å²) in [7, 11) is 0. The summed E-state index contributed by atoms with van der Waals surface area (Å²) < 4.78 is 26.2. The molecule has 0 amide bonds. The molecule has 0 bridgehead atoms. The summed E-state index contributed by atoms with van der Waals surface area (Å²) in [5.41, 5.74) is 0.589. The first-order chi connectivity index (χ1) is 13.3. The van der Waals surface area contributed by atoms with Crippen LogP contribution in [0.15, 0.2) is 60.7 Å². The molecule has 3 aromatic rings. The molecule has 0 saturated heterocycles. The number of hydrogen-bond donors (Lipinski definition) is 4. The van der Waals surface area contributed by atoms with E-state index < -0.39 is 34.7 Å². The third-order valence-corrected chi connectivity index (χ3v) is 3.86. The van der Waals surface area contributed by atoms with Gasteiger partial charge in [0, 0.05) is 11.4 Å². The third kappa shape index (κ3) is 4.24. The highest BCUT2D eigenvalue weighted by Crippen LogP contribution is 2.32. The number of anilines is 4. The smallest absolute Gasteiger partial charge is 0.336 e.